The van der Waals surface area contributed by atoms with Gasteiger partial charge in [-0.2, -0.15) is 12.7 Å². The Hall–Kier alpha value is -1.84. The fourth-order valence-electron chi connectivity index (χ4n) is 2.23. The van der Waals surface area contributed by atoms with Gasteiger partial charge in [0.2, 0.25) is 0 Å². The standard InChI is InChI=1S/C13H15ClN2O6S/c1-22-11-7-8(13(18)19)10(14)6-9(11)12(17)15-23(20,21)16-4-2-3-5-16/h6-7H,2-5H2,1H3,(H,15,17)(H,18,19). The highest BCUT2D eigenvalue weighted by molar-refractivity contribution is 7.87. The van der Waals surface area contributed by atoms with Gasteiger partial charge in [-0.1, -0.05) is 11.6 Å². The van der Waals surface area contributed by atoms with Crippen LogP contribution in [-0.2, 0) is 10.2 Å². The average molecular weight is 363 g/mol. The van der Waals surface area contributed by atoms with Gasteiger partial charge in [0.05, 0.1) is 23.3 Å². The molecular formula is C13H15ClN2O6S. The Morgan fingerprint density at radius 1 is 1.26 bits per heavy atom. The van der Waals surface area contributed by atoms with Gasteiger partial charge in [0.25, 0.3) is 5.91 Å². The Kier molecular flexibility index (Phi) is 5.12. The smallest absolute Gasteiger partial charge is 0.337 e. The number of halogens is 1. The summed E-state index contributed by atoms with van der Waals surface area (Å²) in [5.41, 5.74) is -0.410. The topological polar surface area (TPSA) is 113 Å². The SMILES string of the molecule is COc1cc(C(=O)O)c(Cl)cc1C(=O)NS(=O)(=O)N1CCCC1. The molecule has 23 heavy (non-hydrogen) atoms. The number of methoxy groups -OCH3 is 1. The molecule has 10 heteroatoms. The lowest BCUT2D eigenvalue weighted by Gasteiger charge is -2.17. The van der Waals surface area contributed by atoms with Crippen LogP contribution in [0.1, 0.15) is 33.6 Å². The highest BCUT2D eigenvalue weighted by Crippen LogP contribution is 2.27. The van der Waals surface area contributed by atoms with Gasteiger partial charge in [-0.15, -0.1) is 0 Å². The van der Waals surface area contributed by atoms with Gasteiger partial charge in [0.15, 0.2) is 0 Å². The molecule has 2 rings (SSSR count). The van der Waals surface area contributed by atoms with Crippen LogP contribution in [0.3, 0.4) is 0 Å². The third kappa shape index (κ3) is 3.74. The van der Waals surface area contributed by atoms with Crippen molar-refractivity contribution in [2.24, 2.45) is 0 Å². The van der Waals surface area contributed by atoms with Crippen LogP contribution in [0.25, 0.3) is 0 Å². The molecule has 126 valence electrons. The van der Waals surface area contributed by atoms with Crippen LogP contribution < -0.4 is 9.46 Å². The molecule has 2 N–H and O–H groups in total. The van der Waals surface area contributed by atoms with E-state index in [2.05, 4.69) is 0 Å². The minimum atomic E-state index is -3.95. The second kappa shape index (κ2) is 6.73. The number of nitrogens with one attached hydrogen (secondary N) is 1. The molecule has 1 aliphatic heterocycles. The molecule has 0 atom stereocenters. The molecule has 1 aromatic rings. The Bertz CT molecular complexity index is 743. The molecule has 0 aliphatic carbocycles. The van der Waals surface area contributed by atoms with Crippen molar-refractivity contribution in [3.8, 4) is 5.75 Å². The number of hydrogen-bond acceptors (Lipinski definition) is 5. The molecule has 1 amide bonds. The maximum absolute atomic E-state index is 12.2. The molecule has 0 aromatic heterocycles. The van der Waals surface area contributed by atoms with Crippen molar-refractivity contribution in [3.63, 3.8) is 0 Å². The molecular weight excluding hydrogens is 348 g/mol. The first kappa shape index (κ1) is 17.5. The van der Waals surface area contributed by atoms with E-state index in [9.17, 15) is 18.0 Å². The summed E-state index contributed by atoms with van der Waals surface area (Å²) in [5.74, 6) is -2.31. The van der Waals surface area contributed by atoms with Crippen LogP contribution in [-0.4, -0.2) is 49.9 Å². The molecule has 0 spiro atoms. The van der Waals surface area contributed by atoms with E-state index in [0.717, 1.165) is 25.0 Å². The van der Waals surface area contributed by atoms with Crippen molar-refractivity contribution in [1.82, 2.24) is 9.03 Å². The van der Waals surface area contributed by atoms with E-state index in [1.807, 2.05) is 4.72 Å². The zero-order chi connectivity index (χ0) is 17.2. The van der Waals surface area contributed by atoms with Crippen molar-refractivity contribution in [1.29, 1.82) is 0 Å². The summed E-state index contributed by atoms with van der Waals surface area (Å²) in [5, 5.41) is 8.81. The third-order valence-corrected chi connectivity index (χ3v) is 5.19. The number of carbonyl (C=O) groups is 2. The van der Waals surface area contributed by atoms with E-state index >= 15 is 0 Å². The number of ether oxygens (including phenoxy) is 1. The van der Waals surface area contributed by atoms with Crippen molar-refractivity contribution in [2.75, 3.05) is 20.2 Å². The normalized spacial score (nSPS) is 15.4. The van der Waals surface area contributed by atoms with Crippen molar-refractivity contribution in [3.05, 3.63) is 28.3 Å². The van der Waals surface area contributed by atoms with E-state index in [1.165, 1.54) is 11.4 Å². The van der Waals surface area contributed by atoms with E-state index < -0.39 is 22.1 Å². The summed E-state index contributed by atoms with van der Waals surface area (Å²) < 4.78 is 32.3. The highest BCUT2D eigenvalue weighted by atomic mass is 35.5. The zero-order valence-corrected chi connectivity index (χ0v) is 13.8. The Morgan fingerprint density at radius 3 is 2.39 bits per heavy atom. The van der Waals surface area contributed by atoms with Crippen molar-refractivity contribution < 1.29 is 27.9 Å². The fraction of sp³-hybridized carbons (Fsp3) is 0.385. The summed E-state index contributed by atoms with van der Waals surface area (Å²) >= 11 is 5.82. The van der Waals surface area contributed by atoms with Crippen LogP contribution >= 0.6 is 11.6 Å². The Labute approximate surface area is 138 Å². The number of nitrogens with zero attached hydrogens (tertiary/aromatic N) is 1. The predicted octanol–water partition coefficient (Wildman–Crippen LogP) is 1.12. The minimum Gasteiger partial charge on any atom is -0.496 e. The van der Waals surface area contributed by atoms with E-state index in [4.69, 9.17) is 21.4 Å². The van der Waals surface area contributed by atoms with Crippen LogP contribution in [0, 0.1) is 0 Å². The van der Waals surface area contributed by atoms with Gasteiger partial charge in [-0.3, -0.25) is 4.79 Å². The van der Waals surface area contributed by atoms with Gasteiger partial charge in [0, 0.05) is 13.1 Å². The third-order valence-electron chi connectivity index (χ3n) is 3.39. The lowest BCUT2D eigenvalue weighted by atomic mass is 10.1. The molecule has 1 aromatic carbocycles. The molecule has 0 bridgehead atoms. The number of carbonyl (C=O) groups excluding carboxylic acids is 1. The highest BCUT2D eigenvalue weighted by Gasteiger charge is 2.29. The molecule has 1 fully saturated rings. The second-order valence-electron chi connectivity index (χ2n) is 4.88. The first-order valence-corrected chi connectivity index (χ1v) is 8.51. The van der Waals surface area contributed by atoms with Gasteiger partial charge >= 0.3 is 16.2 Å². The number of carboxylic acids is 1. The number of aromatic carboxylic acids is 1. The summed E-state index contributed by atoms with van der Waals surface area (Å²) in [6, 6.07) is 2.14. The number of hydrogen-bond donors (Lipinski definition) is 2. The van der Waals surface area contributed by atoms with Gasteiger partial charge < -0.3 is 9.84 Å². The van der Waals surface area contributed by atoms with Gasteiger partial charge in [-0.05, 0) is 25.0 Å². The van der Waals surface area contributed by atoms with E-state index in [-0.39, 0.29) is 21.9 Å². The number of rotatable bonds is 5. The van der Waals surface area contributed by atoms with Crippen molar-refractivity contribution in [2.45, 2.75) is 12.8 Å². The fourth-order valence-corrected chi connectivity index (χ4v) is 3.69. The summed E-state index contributed by atoms with van der Waals surface area (Å²) in [6.07, 6.45) is 1.47. The van der Waals surface area contributed by atoms with Crippen LogP contribution in [0.2, 0.25) is 5.02 Å². The summed E-state index contributed by atoms with van der Waals surface area (Å²) in [6.45, 7) is 0.691. The lowest BCUT2D eigenvalue weighted by Crippen LogP contribution is -2.42. The summed E-state index contributed by atoms with van der Waals surface area (Å²) in [4.78, 5) is 23.3. The molecule has 0 saturated carbocycles. The predicted molar refractivity (Wildman–Crippen MR) is 82.2 cm³/mol. The largest absolute Gasteiger partial charge is 0.496 e. The molecule has 8 nitrogen and oxygen atoms in total. The van der Waals surface area contributed by atoms with Crippen LogP contribution in [0.4, 0.5) is 0 Å². The van der Waals surface area contributed by atoms with Gasteiger partial charge in [-0.25, -0.2) is 9.52 Å². The van der Waals surface area contributed by atoms with Crippen molar-refractivity contribution >= 4 is 33.7 Å². The summed E-state index contributed by atoms with van der Waals surface area (Å²) in [7, 11) is -2.72. The number of carboxylic acid groups (broad SMARTS) is 1. The Morgan fingerprint density at radius 2 is 1.87 bits per heavy atom. The lowest BCUT2D eigenvalue weighted by molar-refractivity contribution is 0.0696. The Balaban J connectivity index is 2.32. The monoisotopic (exact) mass is 362 g/mol. The van der Waals surface area contributed by atoms with Crippen LogP contribution in [0.5, 0.6) is 5.75 Å². The first-order chi connectivity index (χ1) is 10.8. The molecule has 1 aliphatic rings. The maximum atomic E-state index is 12.2. The molecule has 0 unspecified atom stereocenters. The van der Waals surface area contributed by atoms with E-state index in [1.54, 1.807) is 0 Å². The van der Waals surface area contributed by atoms with E-state index in [0.29, 0.717) is 13.1 Å². The average Bonchev–Trinajstić information content (AvgIpc) is 3.01. The quantitative estimate of drug-likeness (QED) is 0.811. The molecule has 1 heterocycles. The van der Waals surface area contributed by atoms with Crippen LogP contribution in [0.15, 0.2) is 12.1 Å². The second-order valence-corrected chi connectivity index (χ2v) is 6.96. The van der Waals surface area contributed by atoms with Gasteiger partial charge in [0.1, 0.15) is 5.75 Å². The zero-order valence-electron chi connectivity index (χ0n) is 12.2. The maximum Gasteiger partial charge on any atom is 0.337 e. The molecule has 0 radical (unpaired) electrons. The first-order valence-electron chi connectivity index (χ1n) is 6.69. The number of benzene rings is 1. The minimum absolute atomic E-state index is 0.0825. The molecule has 1 saturated heterocycles. The number of amides is 1.